The van der Waals surface area contributed by atoms with Gasteiger partial charge in [0.25, 0.3) is 5.89 Å². The Kier molecular flexibility index (Phi) is 8.18. The maximum atomic E-state index is 16.3. The van der Waals surface area contributed by atoms with Gasteiger partial charge in [-0.2, -0.15) is 29.0 Å². The second-order valence-corrected chi connectivity index (χ2v) is 10.9. The number of hydrogen-bond acceptors (Lipinski definition) is 10. The van der Waals surface area contributed by atoms with E-state index in [9.17, 15) is 18.8 Å². The minimum Gasteiger partial charge on any atom is -0.467 e. The summed E-state index contributed by atoms with van der Waals surface area (Å²) in [6, 6.07) is 12.2. The van der Waals surface area contributed by atoms with Crippen LogP contribution >= 0.6 is 11.6 Å². The van der Waals surface area contributed by atoms with Gasteiger partial charge in [-0.05, 0) is 11.5 Å². The summed E-state index contributed by atoms with van der Waals surface area (Å²) in [7, 11) is 1.37. The lowest BCUT2D eigenvalue weighted by Gasteiger charge is -2.41. The molecular formula is C31H24ClF3N8O3. The number of ether oxygens (including phenoxy) is 1. The SMILES string of the molecule is COc1nc(N2CCN(C(=O)/C=C/c3nc(C(C)(F)F)no3)[C@@H](CC#N)C2)c2cnc(-c3cccc4cccc(Cl)c34)c(F)c2n1. The number of amides is 1. The van der Waals surface area contributed by atoms with Gasteiger partial charge in [0.2, 0.25) is 11.7 Å². The fourth-order valence-corrected chi connectivity index (χ4v) is 5.66. The van der Waals surface area contributed by atoms with E-state index >= 15 is 4.39 Å². The van der Waals surface area contributed by atoms with E-state index in [1.54, 1.807) is 18.2 Å². The zero-order valence-corrected chi connectivity index (χ0v) is 25.2. The summed E-state index contributed by atoms with van der Waals surface area (Å²) in [6.07, 6.45) is 3.71. The maximum absolute atomic E-state index is 16.3. The molecule has 0 unspecified atom stereocenters. The molecule has 5 aromatic rings. The van der Waals surface area contributed by atoms with E-state index in [1.165, 1.54) is 18.2 Å². The molecule has 0 saturated carbocycles. The quantitative estimate of drug-likeness (QED) is 0.200. The van der Waals surface area contributed by atoms with E-state index < -0.39 is 29.5 Å². The Labute approximate surface area is 264 Å². The molecule has 0 aliphatic carbocycles. The van der Waals surface area contributed by atoms with Crippen LogP contribution in [0.4, 0.5) is 19.0 Å². The number of halogens is 4. The van der Waals surface area contributed by atoms with Gasteiger partial charge in [0.05, 0.1) is 31.0 Å². The van der Waals surface area contributed by atoms with Gasteiger partial charge < -0.3 is 19.1 Å². The first-order valence-corrected chi connectivity index (χ1v) is 14.4. The van der Waals surface area contributed by atoms with E-state index in [1.807, 2.05) is 23.1 Å². The van der Waals surface area contributed by atoms with Crippen molar-refractivity contribution in [2.75, 3.05) is 31.6 Å². The standard InChI is InChI=1S/C31H24ClF3N8O3/c1-31(34,35)29-38-22(46-41-29)9-10-23(44)43-14-13-42(16-18(43)11-12-36)28-20-15-37-26(25(33)27(20)39-30(40-28)45-2)19-7-3-5-17-6-4-8-21(32)24(17)19/h3-10,15,18H,11,13-14,16H2,1-2H3/b10-9+/t18-/m0/s1. The van der Waals surface area contributed by atoms with Crippen LogP contribution in [0.3, 0.4) is 0 Å². The van der Waals surface area contributed by atoms with Crippen molar-refractivity contribution in [2.24, 2.45) is 0 Å². The lowest BCUT2D eigenvalue weighted by molar-refractivity contribution is -0.128. The van der Waals surface area contributed by atoms with E-state index in [4.69, 9.17) is 20.9 Å². The smallest absolute Gasteiger partial charge is 0.318 e. The molecule has 1 aliphatic rings. The predicted octanol–water partition coefficient (Wildman–Crippen LogP) is 5.79. The summed E-state index contributed by atoms with van der Waals surface area (Å²) in [5.41, 5.74) is 0.528. The van der Waals surface area contributed by atoms with E-state index in [-0.39, 0.29) is 49.2 Å². The summed E-state index contributed by atoms with van der Waals surface area (Å²) in [6.45, 7) is 1.21. The third-order valence-electron chi connectivity index (χ3n) is 7.53. The number of hydrogen-bond donors (Lipinski definition) is 0. The number of nitrogens with zero attached hydrogens (tertiary/aromatic N) is 8. The number of rotatable bonds is 7. The lowest BCUT2D eigenvalue weighted by Crippen LogP contribution is -2.55. The number of aromatic nitrogens is 5. The summed E-state index contributed by atoms with van der Waals surface area (Å²) in [5.74, 6) is -5.23. The number of pyridine rings is 1. The molecule has 6 rings (SSSR count). The van der Waals surface area contributed by atoms with Gasteiger partial charge >= 0.3 is 11.9 Å². The third kappa shape index (κ3) is 5.77. The van der Waals surface area contributed by atoms with Crippen molar-refractivity contribution in [2.45, 2.75) is 25.3 Å². The van der Waals surface area contributed by atoms with Crippen LogP contribution in [-0.4, -0.2) is 68.7 Å². The maximum Gasteiger partial charge on any atom is 0.318 e. The van der Waals surface area contributed by atoms with Crippen LogP contribution < -0.4 is 9.64 Å². The van der Waals surface area contributed by atoms with Gasteiger partial charge in [0.15, 0.2) is 5.82 Å². The first kappa shape index (κ1) is 30.7. The monoisotopic (exact) mass is 648 g/mol. The largest absolute Gasteiger partial charge is 0.467 e. The van der Waals surface area contributed by atoms with Crippen LogP contribution in [0.25, 0.3) is 39.0 Å². The zero-order valence-electron chi connectivity index (χ0n) is 24.4. The van der Waals surface area contributed by atoms with Crippen LogP contribution in [0.1, 0.15) is 25.1 Å². The summed E-state index contributed by atoms with van der Waals surface area (Å²) in [5, 5.41) is 15.0. The molecule has 0 radical (unpaired) electrons. The van der Waals surface area contributed by atoms with Gasteiger partial charge in [0.1, 0.15) is 17.0 Å². The highest BCUT2D eigenvalue weighted by molar-refractivity contribution is 6.36. The Bertz CT molecular complexity index is 2040. The van der Waals surface area contributed by atoms with Crippen molar-refractivity contribution >= 4 is 51.1 Å². The van der Waals surface area contributed by atoms with Crippen LogP contribution in [-0.2, 0) is 10.7 Å². The molecule has 2 aromatic carbocycles. The number of carbonyl (C=O) groups is 1. The third-order valence-corrected chi connectivity index (χ3v) is 7.85. The molecule has 1 amide bonds. The Morgan fingerprint density at radius 3 is 2.72 bits per heavy atom. The molecular weight excluding hydrogens is 625 g/mol. The number of carbonyl (C=O) groups excluding carboxylic acids is 1. The normalized spacial score (nSPS) is 15.5. The highest BCUT2D eigenvalue weighted by Crippen LogP contribution is 2.37. The van der Waals surface area contributed by atoms with Crippen LogP contribution in [0.2, 0.25) is 5.02 Å². The average molecular weight is 649 g/mol. The highest BCUT2D eigenvalue weighted by atomic mass is 35.5. The minimum atomic E-state index is -3.30. The fourth-order valence-electron chi connectivity index (χ4n) is 5.37. The molecule has 1 aliphatic heterocycles. The van der Waals surface area contributed by atoms with Crippen molar-refractivity contribution in [1.29, 1.82) is 5.26 Å². The van der Waals surface area contributed by atoms with Gasteiger partial charge in [-0.25, -0.2) is 4.39 Å². The van der Waals surface area contributed by atoms with Gasteiger partial charge in [-0.3, -0.25) is 9.78 Å². The van der Waals surface area contributed by atoms with Crippen molar-refractivity contribution < 1.29 is 27.2 Å². The molecule has 4 heterocycles. The number of nitriles is 1. The molecule has 0 spiro atoms. The summed E-state index contributed by atoms with van der Waals surface area (Å²) in [4.78, 5) is 33.3. The Morgan fingerprint density at radius 2 is 2.00 bits per heavy atom. The van der Waals surface area contributed by atoms with Gasteiger partial charge in [-0.15, -0.1) is 0 Å². The number of benzene rings is 2. The molecule has 15 heteroatoms. The topological polar surface area (TPSA) is 134 Å². The predicted molar refractivity (Wildman–Crippen MR) is 163 cm³/mol. The van der Waals surface area contributed by atoms with Crippen molar-refractivity contribution in [3.05, 3.63) is 71.2 Å². The Morgan fingerprint density at radius 1 is 1.22 bits per heavy atom. The molecule has 46 heavy (non-hydrogen) atoms. The molecule has 1 atom stereocenters. The molecule has 11 nitrogen and oxygen atoms in total. The fraction of sp³-hybridized carbons (Fsp3) is 0.258. The lowest BCUT2D eigenvalue weighted by atomic mass is 10.0. The summed E-state index contributed by atoms with van der Waals surface area (Å²) < 4.78 is 53.3. The molecule has 234 valence electrons. The van der Waals surface area contributed by atoms with Crippen LogP contribution in [0, 0.1) is 17.1 Å². The molecule has 1 fully saturated rings. The number of fused-ring (bicyclic) bond motifs is 2. The highest BCUT2D eigenvalue weighted by Gasteiger charge is 2.33. The number of anilines is 1. The second-order valence-electron chi connectivity index (χ2n) is 10.5. The van der Waals surface area contributed by atoms with Crippen molar-refractivity contribution in [3.63, 3.8) is 0 Å². The van der Waals surface area contributed by atoms with E-state index in [2.05, 4.69) is 31.2 Å². The van der Waals surface area contributed by atoms with Gasteiger partial charge in [-0.1, -0.05) is 47.1 Å². The molecule has 1 saturated heterocycles. The molecule has 0 N–H and O–H groups in total. The number of piperazine rings is 1. The Hall–Kier alpha value is -5.29. The first-order valence-electron chi connectivity index (χ1n) is 14.0. The average Bonchev–Trinajstić information content (AvgIpc) is 3.54. The van der Waals surface area contributed by atoms with Crippen LogP contribution in [0.5, 0.6) is 6.01 Å². The zero-order chi connectivity index (χ0) is 32.6. The number of methoxy groups -OCH3 is 1. The molecule has 3 aromatic heterocycles. The summed E-state index contributed by atoms with van der Waals surface area (Å²) >= 11 is 6.50. The van der Waals surface area contributed by atoms with Gasteiger partial charge in [0, 0.05) is 60.9 Å². The Balaban J connectivity index is 1.32. The first-order chi connectivity index (χ1) is 22.1. The van der Waals surface area contributed by atoms with Crippen molar-refractivity contribution in [3.8, 4) is 23.3 Å². The number of alkyl halides is 2. The minimum absolute atomic E-state index is 0.0224. The van der Waals surface area contributed by atoms with Crippen LogP contribution in [0.15, 0.2) is 53.2 Å². The molecule has 0 bridgehead atoms. The van der Waals surface area contributed by atoms with Crippen molar-refractivity contribution in [1.82, 2.24) is 30.0 Å². The van der Waals surface area contributed by atoms with E-state index in [0.29, 0.717) is 34.1 Å². The second kappa shape index (κ2) is 12.2. The van der Waals surface area contributed by atoms with E-state index in [0.717, 1.165) is 17.5 Å².